The van der Waals surface area contributed by atoms with Crippen molar-refractivity contribution < 1.29 is 13.5 Å². The predicted molar refractivity (Wildman–Crippen MR) is 71.7 cm³/mol. The van der Waals surface area contributed by atoms with Gasteiger partial charge in [-0.05, 0) is 37.3 Å². The fraction of sp³-hybridized carbons (Fsp3) is 0.125. The number of hydrogen-bond acceptors (Lipinski definition) is 2. The van der Waals surface area contributed by atoms with E-state index in [2.05, 4.69) is 0 Å². The van der Waals surface area contributed by atoms with Crippen molar-refractivity contribution in [2.24, 2.45) is 0 Å². The van der Waals surface area contributed by atoms with Gasteiger partial charge in [-0.3, -0.25) is 0 Å². The summed E-state index contributed by atoms with van der Waals surface area (Å²) in [5.74, 6) is 0.516. The third-order valence-electron chi connectivity index (χ3n) is 3.03. The molecule has 0 bridgehead atoms. The first kappa shape index (κ1) is 11.8. The first-order chi connectivity index (χ1) is 9.22. The molecule has 96 valence electrons. The van der Waals surface area contributed by atoms with Crippen LogP contribution in [0.3, 0.4) is 0 Å². The normalized spacial score (nSPS) is 10.8. The number of furan rings is 1. The largest absolute Gasteiger partial charge is 0.489 e. The van der Waals surface area contributed by atoms with Crippen molar-refractivity contribution in [3.63, 3.8) is 0 Å². The number of rotatable bonds is 3. The summed E-state index contributed by atoms with van der Waals surface area (Å²) in [4.78, 5) is 0. The number of aryl methyl sites for hydroxylation is 1. The summed E-state index contributed by atoms with van der Waals surface area (Å²) < 4.78 is 24.3. The minimum atomic E-state index is -0.273. The lowest BCUT2D eigenvalue weighted by molar-refractivity contribution is 0.306. The molecule has 0 unspecified atom stereocenters. The van der Waals surface area contributed by atoms with Crippen molar-refractivity contribution in [1.29, 1.82) is 0 Å². The van der Waals surface area contributed by atoms with Crippen molar-refractivity contribution in [1.82, 2.24) is 0 Å². The van der Waals surface area contributed by atoms with Crippen molar-refractivity contribution >= 4 is 11.0 Å². The van der Waals surface area contributed by atoms with Crippen molar-refractivity contribution in [3.8, 4) is 5.75 Å². The fourth-order valence-corrected chi connectivity index (χ4v) is 1.96. The van der Waals surface area contributed by atoms with Gasteiger partial charge in [0, 0.05) is 10.9 Å². The van der Waals surface area contributed by atoms with Crippen LogP contribution in [0.1, 0.15) is 11.1 Å². The zero-order valence-corrected chi connectivity index (χ0v) is 10.5. The van der Waals surface area contributed by atoms with Crippen molar-refractivity contribution in [3.05, 3.63) is 65.7 Å². The second kappa shape index (κ2) is 4.76. The Morgan fingerprint density at radius 3 is 2.68 bits per heavy atom. The van der Waals surface area contributed by atoms with Gasteiger partial charge >= 0.3 is 0 Å². The molecule has 0 saturated heterocycles. The molecular formula is C16H13FO2. The number of hydrogen-bond donors (Lipinski definition) is 0. The molecule has 3 rings (SSSR count). The van der Waals surface area contributed by atoms with Gasteiger partial charge in [0.15, 0.2) is 0 Å². The van der Waals surface area contributed by atoms with E-state index in [0.717, 1.165) is 16.7 Å². The average Bonchev–Trinajstić information content (AvgIpc) is 2.80. The van der Waals surface area contributed by atoms with Gasteiger partial charge < -0.3 is 9.15 Å². The van der Waals surface area contributed by atoms with E-state index in [1.165, 1.54) is 17.7 Å². The molecule has 0 aliphatic rings. The van der Waals surface area contributed by atoms with Crippen LogP contribution in [0.5, 0.6) is 5.75 Å². The summed E-state index contributed by atoms with van der Waals surface area (Å²) in [5, 5.41) is 0.757. The minimum absolute atomic E-state index is 0.273. The third-order valence-corrected chi connectivity index (χ3v) is 3.03. The van der Waals surface area contributed by atoms with Crippen LogP contribution in [-0.2, 0) is 6.61 Å². The van der Waals surface area contributed by atoms with Crippen molar-refractivity contribution in [2.75, 3.05) is 0 Å². The maximum Gasteiger partial charge on any atom is 0.134 e. The van der Waals surface area contributed by atoms with E-state index in [1.807, 2.05) is 31.2 Å². The van der Waals surface area contributed by atoms with Crippen LogP contribution in [0.15, 0.2) is 53.1 Å². The minimum Gasteiger partial charge on any atom is -0.489 e. The van der Waals surface area contributed by atoms with Gasteiger partial charge in [-0.15, -0.1) is 0 Å². The molecule has 2 aromatic carbocycles. The highest BCUT2D eigenvalue weighted by molar-refractivity contribution is 5.80. The van der Waals surface area contributed by atoms with E-state index >= 15 is 0 Å². The maximum absolute atomic E-state index is 13.2. The Hall–Kier alpha value is -2.29. The first-order valence-corrected chi connectivity index (χ1v) is 6.07. The Balaban J connectivity index is 1.81. The molecule has 0 N–H and O–H groups in total. The molecule has 1 aromatic heterocycles. The second-order valence-corrected chi connectivity index (χ2v) is 4.50. The highest BCUT2D eigenvalue weighted by Gasteiger charge is 2.07. The molecule has 0 amide bonds. The second-order valence-electron chi connectivity index (χ2n) is 4.50. The molecule has 19 heavy (non-hydrogen) atoms. The lowest BCUT2D eigenvalue weighted by Gasteiger charge is -2.05. The molecular weight excluding hydrogens is 243 g/mol. The van der Waals surface area contributed by atoms with Gasteiger partial charge in [0.25, 0.3) is 0 Å². The molecule has 3 aromatic rings. The van der Waals surface area contributed by atoms with Crippen molar-refractivity contribution in [2.45, 2.75) is 13.5 Å². The average molecular weight is 256 g/mol. The summed E-state index contributed by atoms with van der Waals surface area (Å²) in [6.07, 6.45) is 1.61. The number of benzene rings is 2. The Kier molecular flexibility index (Phi) is 2.95. The third kappa shape index (κ3) is 2.45. The van der Waals surface area contributed by atoms with Gasteiger partial charge in [0.05, 0.1) is 6.26 Å². The summed E-state index contributed by atoms with van der Waals surface area (Å²) in [7, 11) is 0. The predicted octanol–water partition coefficient (Wildman–Crippen LogP) is 4.46. The van der Waals surface area contributed by atoms with E-state index in [9.17, 15) is 4.39 Å². The van der Waals surface area contributed by atoms with Crippen LogP contribution in [0.4, 0.5) is 4.39 Å². The Morgan fingerprint density at radius 2 is 1.89 bits per heavy atom. The lowest BCUT2D eigenvalue weighted by atomic mass is 10.2. The Bertz CT molecular complexity index is 698. The fourth-order valence-electron chi connectivity index (χ4n) is 1.96. The lowest BCUT2D eigenvalue weighted by Crippen LogP contribution is -1.94. The van der Waals surface area contributed by atoms with Gasteiger partial charge in [-0.25, -0.2) is 4.39 Å². The zero-order valence-electron chi connectivity index (χ0n) is 10.5. The summed E-state index contributed by atoms with van der Waals surface area (Å²) in [5.41, 5.74) is 2.70. The molecule has 0 aliphatic heterocycles. The molecule has 0 spiro atoms. The molecule has 2 nitrogen and oxygen atoms in total. The highest BCUT2D eigenvalue weighted by atomic mass is 19.1. The van der Waals surface area contributed by atoms with Gasteiger partial charge in [-0.1, -0.05) is 17.7 Å². The van der Waals surface area contributed by atoms with Crippen LogP contribution in [-0.4, -0.2) is 0 Å². The van der Waals surface area contributed by atoms with E-state index < -0.39 is 0 Å². The Labute approximate surface area is 110 Å². The molecule has 0 aliphatic carbocycles. The smallest absolute Gasteiger partial charge is 0.134 e. The van der Waals surface area contributed by atoms with Crippen LogP contribution < -0.4 is 4.74 Å². The topological polar surface area (TPSA) is 22.4 Å². The monoisotopic (exact) mass is 256 g/mol. The molecule has 0 saturated carbocycles. The molecule has 0 radical (unpaired) electrons. The standard InChI is InChI=1S/C16H13FO2/c1-11-2-5-14(6-3-11)18-9-12-10-19-16-7-4-13(17)8-15(12)16/h2-8,10H,9H2,1H3. The number of ether oxygens (including phenoxy) is 1. The summed E-state index contributed by atoms with van der Waals surface area (Å²) >= 11 is 0. The summed E-state index contributed by atoms with van der Waals surface area (Å²) in [6.45, 7) is 2.38. The van der Waals surface area contributed by atoms with Gasteiger partial charge in [0.2, 0.25) is 0 Å². The number of fused-ring (bicyclic) bond motifs is 1. The molecule has 0 fully saturated rings. The van der Waals surface area contributed by atoms with E-state index in [-0.39, 0.29) is 5.82 Å². The van der Waals surface area contributed by atoms with Crippen LogP contribution in [0.25, 0.3) is 11.0 Å². The SMILES string of the molecule is Cc1ccc(OCc2coc3ccc(F)cc23)cc1. The maximum atomic E-state index is 13.2. The van der Waals surface area contributed by atoms with Gasteiger partial charge in [0.1, 0.15) is 23.8 Å². The quantitative estimate of drug-likeness (QED) is 0.690. The molecule has 3 heteroatoms. The number of halogens is 1. The highest BCUT2D eigenvalue weighted by Crippen LogP contribution is 2.23. The van der Waals surface area contributed by atoms with Crippen LogP contribution in [0.2, 0.25) is 0 Å². The van der Waals surface area contributed by atoms with E-state index in [0.29, 0.717) is 12.2 Å². The zero-order chi connectivity index (χ0) is 13.2. The summed E-state index contributed by atoms with van der Waals surface area (Å²) in [6, 6.07) is 12.3. The molecule has 1 heterocycles. The molecule has 0 atom stereocenters. The van der Waals surface area contributed by atoms with E-state index in [1.54, 1.807) is 12.3 Å². The van der Waals surface area contributed by atoms with Gasteiger partial charge in [-0.2, -0.15) is 0 Å². The van der Waals surface area contributed by atoms with Crippen LogP contribution >= 0.6 is 0 Å². The Morgan fingerprint density at radius 1 is 1.11 bits per heavy atom. The van der Waals surface area contributed by atoms with E-state index in [4.69, 9.17) is 9.15 Å². The van der Waals surface area contributed by atoms with Crippen LogP contribution in [0, 0.1) is 12.7 Å². The first-order valence-electron chi connectivity index (χ1n) is 6.07.